The van der Waals surface area contributed by atoms with Crippen molar-refractivity contribution in [2.45, 2.75) is 45.6 Å². The molecule has 0 aliphatic rings. The molecule has 5 heteroatoms. The first kappa shape index (κ1) is 17.1. The predicted molar refractivity (Wildman–Crippen MR) is 83.6 cm³/mol. The molecule has 0 amide bonds. The summed E-state index contributed by atoms with van der Waals surface area (Å²) in [4.78, 5) is 4.51. The molecule has 1 heterocycles. The molecule has 1 unspecified atom stereocenters. The van der Waals surface area contributed by atoms with Gasteiger partial charge in [-0.15, -0.1) is 0 Å². The Labute approximate surface area is 122 Å². The van der Waals surface area contributed by atoms with E-state index in [1.807, 2.05) is 12.3 Å². The third-order valence-corrected chi connectivity index (χ3v) is 4.32. The number of aryl methyl sites for hydroxylation is 1. The van der Waals surface area contributed by atoms with E-state index in [1.54, 1.807) is 0 Å². The van der Waals surface area contributed by atoms with Gasteiger partial charge in [-0.25, -0.2) is 8.42 Å². The molecule has 1 aromatic heterocycles. The Bertz CT molecular complexity index is 500. The highest BCUT2D eigenvalue weighted by Gasteiger charge is 2.16. The van der Waals surface area contributed by atoms with Crippen LogP contribution in [0, 0.1) is 0 Å². The molecule has 0 saturated carbocycles. The number of rotatable bonds is 9. The Morgan fingerprint density at radius 1 is 1.35 bits per heavy atom. The van der Waals surface area contributed by atoms with Gasteiger partial charge in [0.15, 0.2) is 0 Å². The fourth-order valence-electron chi connectivity index (χ4n) is 2.27. The molecule has 1 N–H and O–H groups in total. The first-order valence-corrected chi connectivity index (χ1v) is 9.38. The number of hydrogen-bond donors (Lipinski definition) is 1. The second-order valence-corrected chi connectivity index (χ2v) is 7.44. The number of nitrogens with one attached hydrogen (secondary N) is 1. The third kappa shape index (κ3) is 6.01. The highest BCUT2D eigenvalue weighted by molar-refractivity contribution is 7.90. The summed E-state index contributed by atoms with van der Waals surface area (Å²) >= 11 is 0. The standard InChI is InChI=1S/C15H26N2O2S/c1-4-10-16-14(9-7-12-20(3,18)19)15-13(5-2)8-6-11-17-15/h6,8,11,14,16H,4-5,7,9-10,12H2,1-3H3. The molecule has 114 valence electrons. The van der Waals surface area contributed by atoms with Crippen LogP contribution < -0.4 is 5.32 Å². The van der Waals surface area contributed by atoms with Crippen LogP contribution >= 0.6 is 0 Å². The van der Waals surface area contributed by atoms with Crippen LogP contribution in [0.4, 0.5) is 0 Å². The van der Waals surface area contributed by atoms with Gasteiger partial charge in [-0.05, 0) is 43.9 Å². The van der Waals surface area contributed by atoms with E-state index in [4.69, 9.17) is 0 Å². The smallest absolute Gasteiger partial charge is 0.147 e. The van der Waals surface area contributed by atoms with Crippen LogP contribution in [0.25, 0.3) is 0 Å². The van der Waals surface area contributed by atoms with Gasteiger partial charge in [-0.3, -0.25) is 4.98 Å². The number of pyridine rings is 1. The van der Waals surface area contributed by atoms with Crippen molar-refractivity contribution in [1.82, 2.24) is 10.3 Å². The van der Waals surface area contributed by atoms with Gasteiger partial charge in [0.2, 0.25) is 0 Å². The van der Waals surface area contributed by atoms with E-state index in [2.05, 4.69) is 30.2 Å². The molecular weight excluding hydrogens is 272 g/mol. The van der Waals surface area contributed by atoms with Gasteiger partial charge in [-0.2, -0.15) is 0 Å². The molecule has 0 spiro atoms. The van der Waals surface area contributed by atoms with Crippen LogP contribution in [-0.4, -0.2) is 32.0 Å². The summed E-state index contributed by atoms with van der Waals surface area (Å²) in [6.07, 6.45) is 6.57. The average molecular weight is 298 g/mol. The van der Waals surface area contributed by atoms with Crippen molar-refractivity contribution in [3.05, 3.63) is 29.6 Å². The lowest BCUT2D eigenvalue weighted by atomic mass is 10.0. The van der Waals surface area contributed by atoms with Gasteiger partial charge < -0.3 is 5.32 Å². The molecule has 1 rings (SSSR count). The van der Waals surface area contributed by atoms with Crippen LogP contribution in [0.15, 0.2) is 18.3 Å². The molecule has 0 bridgehead atoms. The molecule has 1 atom stereocenters. The Balaban J connectivity index is 2.77. The summed E-state index contributed by atoms with van der Waals surface area (Å²) in [5, 5.41) is 3.49. The zero-order chi connectivity index (χ0) is 15.0. The number of nitrogens with zero attached hydrogens (tertiary/aromatic N) is 1. The van der Waals surface area contributed by atoms with Crippen LogP contribution in [0.2, 0.25) is 0 Å². The Morgan fingerprint density at radius 3 is 2.70 bits per heavy atom. The molecule has 0 aliphatic heterocycles. The fourth-order valence-corrected chi connectivity index (χ4v) is 2.96. The maximum absolute atomic E-state index is 11.3. The summed E-state index contributed by atoms with van der Waals surface area (Å²) in [5.41, 5.74) is 2.30. The maximum atomic E-state index is 11.3. The highest BCUT2D eigenvalue weighted by Crippen LogP contribution is 2.21. The van der Waals surface area contributed by atoms with Crippen molar-refractivity contribution >= 4 is 9.84 Å². The minimum absolute atomic E-state index is 0.146. The summed E-state index contributed by atoms with van der Waals surface area (Å²) in [5.74, 6) is 0.242. The van der Waals surface area contributed by atoms with Crippen LogP contribution in [0.3, 0.4) is 0 Å². The lowest BCUT2D eigenvalue weighted by Gasteiger charge is -2.20. The van der Waals surface area contributed by atoms with Crippen molar-refractivity contribution in [2.24, 2.45) is 0 Å². The maximum Gasteiger partial charge on any atom is 0.147 e. The normalized spacial score (nSPS) is 13.3. The largest absolute Gasteiger partial charge is 0.309 e. The molecule has 0 aliphatic carbocycles. The Kier molecular flexibility index (Phi) is 7.16. The molecule has 1 aromatic rings. The second-order valence-electron chi connectivity index (χ2n) is 5.18. The number of sulfone groups is 1. The molecule has 20 heavy (non-hydrogen) atoms. The molecule has 0 radical (unpaired) electrons. The number of aromatic nitrogens is 1. The van der Waals surface area contributed by atoms with E-state index in [1.165, 1.54) is 11.8 Å². The molecule has 0 fully saturated rings. The van der Waals surface area contributed by atoms with E-state index >= 15 is 0 Å². The van der Waals surface area contributed by atoms with E-state index in [9.17, 15) is 8.42 Å². The first-order chi connectivity index (χ1) is 9.48. The molecule has 0 aromatic carbocycles. The lowest BCUT2D eigenvalue weighted by molar-refractivity contribution is 0.479. The lowest BCUT2D eigenvalue weighted by Crippen LogP contribution is -2.25. The highest BCUT2D eigenvalue weighted by atomic mass is 32.2. The topological polar surface area (TPSA) is 59.1 Å². The first-order valence-electron chi connectivity index (χ1n) is 7.32. The summed E-state index contributed by atoms with van der Waals surface area (Å²) in [6, 6.07) is 4.20. The Hall–Kier alpha value is -0.940. The monoisotopic (exact) mass is 298 g/mol. The predicted octanol–water partition coefficient (Wildman–Crippen LogP) is 2.51. The van der Waals surface area contributed by atoms with Crippen molar-refractivity contribution in [3.8, 4) is 0 Å². The Morgan fingerprint density at radius 2 is 2.10 bits per heavy atom. The average Bonchev–Trinajstić information content (AvgIpc) is 2.41. The molecule has 4 nitrogen and oxygen atoms in total. The van der Waals surface area contributed by atoms with Crippen molar-refractivity contribution in [3.63, 3.8) is 0 Å². The van der Waals surface area contributed by atoms with Gasteiger partial charge in [0.1, 0.15) is 9.84 Å². The van der Waals surface area contributed by atoms with Gasteiger partial charge in [0.05, 0.1) is 5.69 Å². The summed E-state index contributed by atoms with van der Waals surface area (Å²) in [6.45, 7) is 5.16. The third-order valence-electron chi connectivity index (χ3n) is 3.29. The van der Waals surface area contributed by atoms with Gasteiger partial charge in [0, 0.05) is 24.2 Å². The van der Waals surface area contributed by atoms with Crippen molar-refractivity contribution in [1.29, 1.82) is 0 Å². The zero-order valence-corrected chi connectivity index (χ0v) is 13.5. The van der Waals surface area contributed by atoms with Crippen LogP contribution in [-0.2, 0) is 16.3 Å². The minimum Gasteiger partial charge on any atom is -0.309 e. The van der Waals surface area contributed by atoms with E-state index in [0.717, 1.165) is 31.5 Å². The van der Waals surface area contributed by atoms with E-state index < -0.39 is 9.84 Å². The SMILES string of the molecule is CCCNC(CCCS(C)(=O)=O)c1ncccc1CC. The molecule has 0 saturated heterocycles. The van der Waals surface area contributed by atoms with E-state index in [0.29, 0.717) is 6.42 Å². The number of hydrogen-bond acceptors (Lipinski definition) is 4. The summed E-state index contributed by atoms with van der Waals surface area (Å²) < 4.78 is 22.5. The van der Waals surface area contributed by atoms with E-state index in [-0.39, 0.29) is 11.8 Å². The van der Waals surface area contributed by atoms with Crippen molar-refractivity contribution in [2.75, 3.05) is 18.6 Å². The van der Waals surface area contributed by atoms with Crippen LogP contribution in [0.1, 0.15) is 50.4 Å². The summed E-state index contributed by atoms with van der Waals surface area (Å²) in [7, 11) is -2.89. The fraction of sp³-hybridized carbons (Fsp3) is 0.667. The van der Waals surface area contributed by atoms with Gasteiger partial charge in [0.25, 0.3) is 0 Å². The molecular formula is C15H26N2O2S. The van der Waals surface area contributed by atoms with Crippen molar-refractivity contribution < 1.29 is 8.42 Å². The quantitative estimate of drug-likeness (QED) is 0.761. The van der Waals surface area contributed by atoms with Gasteiger partial charge in [-0.1, -0.05) is 19.9 Å². The second kappa shape index (κ2) is 8.37. The zero-order valence-electron chi connectivity index (χ0n) is 12.7. The minimum atomic E-state index is -2.89. The van der Waals surface area contributed by atoms with Gasteiger partial charge >= 0.3 is 0 Å². The van der Waals surface area contributed by atoms with Crippen LogP contribution in [0.5, 0.6) is 0 Å².